The summed E-state index contributed by atoms with van der Waals surface area (Å²) in [6, 6.07) is 60.5. The Kier molecular flexibility index (Phi) is 17.6. The molecule has 89 heavy (non-hydrogen) atoms. The van der Waals surface area contributed by atoms with Gasteiger partial charge >= 0.3 is 6.09 Å². The molecule has 3 amide bonds. The van der Waals surface area contributed by atoms with Crippen LogP contribution in [0.25, 0.3) is 21.8 Å². The van der Waals surface area contributed by atoms with E-state index in [-0.39, 0.29) is 36.5 Å². The minimum absolute atomic E-state index is 0.156. The monoisotopic (exact) mass is 1210 g/mol. The standard InChI is InChI=1S/C37H33FN4O4.C36H35FN2O3Si/c1-40-19-21-41(22-20-40)37(44)46-34-29-13-8-18-39-32(29)35(45-33(26-9-4-2-5-10-26)27-11-6-3-7-12-27)31-30(34)24-42(36(31)43)23-25-14-16-28(38)17-15-25;1-43(2,3)22-21-41-34-29-15-10-20-38-32(29)35(42-33(26-11-6-4-7-12-26)27-13-8-5-9-14-27)31-30(34)24-39(36(31)40)23-25-16-18-28(37)19-17-25/h2-18,33H,19-24H2,1H3;4-20,33H,21-24H2,1-3H3. The van der Waals surface area contributed by atoms with Crippen LogP contribution in [0.4, 0.5) is 13.6 Å². The Morgan fingerprint density at radius 2 is 0.899 bits per heavy atom. The quantitative estimate of drug-likeness (QED) is 0.0813. The number of halogens is 2. The molecule has 16 heteroatoms. The van der Waals surface area contributed by atoms with E-state index < -0.39 is 26.4 Å². The summed E-state index contributed by atoms with van der Waals surface area (Å²) in [5, 5.41) is 1.40. The SMILES string of the molecule is CN1CCN(C(=O)Oc2c3c(c(OC(c4ccccc4)c4ccccc4)c4ncccc24)C(=O)N(Cc2ccc(F)cc2)C3)CC1.C[Si](C)(C)CCOc1c2c(c(OC(c3ccccc3)c3ccccc3)c3ncccc13)C(=O)N(Cc1ccc(F)cc1)C2. The highest BCUT2D eigenvalue weighted by molar-refractivity contribution is 6.76. The molecule has 0 radical (unpaired) electrons. The van der Waals surface area contributed by atoms with Gasteiger partial charge in [0, 0.05) is 81.6 Å². The van der Waals surface area contributed by atoms with Gasteiger partial charge in [-0.05, 0) is 95.0 Å². The van der Waals surface area contributed by atoms with Gasteiger partial charge in [-0.15, -0.1) is 0 Å². The van der Waals surface area contributed by atoms with Crippen molar-refractivity contribution in [3.05, 3.63) is 274 Å². The predicted octanol–water partition coefficient (Wildman–Crippen LogP) is 14.9. The number of carbonyl (C=O) groups excluding carboxylic acids is 3. The Labute approximate surface area is 517 Å². The highest BCUT2D eigenvalue weighted by Gasteiger charge is 2.40. The maximum atomic E-state index is 14.4. The van der Waals surface area contributed by atoms with Crippen LogP contribution in [0.5, 0.6) is 23.0 Å². The van der Waals surface area contributed by atoms with Crippen LogP contribution in [0, 0.1) is 11.6 Å². The molecule has 0 aliphatic carbocycles. The third kappa shape index (κ3) is 13.2. The van der Waals surface area contributed by atoms with Crippen molar-refractivity contribution in [2.24, 2.45) is 0 Å². The zero-order chi connectivity index (χ0) is 61.6. The number of likely N-dealkylation sites (N-methyl/N-ethyl adjacent to an activating group) is 1. The van der Waals surface area contributed by atoms with Crippen LogP contribution < -0.4 is 18.9 Å². The van der Waals surface area contributed by atoms with Crippen LogP contribution in [0.3, 0.4) is 0 Å². The fourth-order valence-electron chi connectivity index (χ4n) is 11.6. The number of fused-ring (bicyclic) bond motifs is 4. The van der Waals surface area contributed by atoms with Crippen LogP contribution in [0.1, 0.15) is 77.4 Å². The maximum Gasteiger partial charge on any atom is 0.415 e. The highest BCUT2D eigenvalue weighted by atomic mass is 28.3. The second-order valence-electron chi connectivity index (χ2n) is 23.9. The molecule has 10 aromatic rings. The number of rotatable bonds is 17. The molecule has 13 rings (SSSR count). The third-order valence-corrected chi connectivity index (χ3v) is 18.0. The molecule has 2 aromatic heterocycles. The summed E-state index contributed by atoms with van der Waals surface area (Å²) in [4.78, 5) is 58.9. The van der Waals surface area contributed by atoms with E-state index in [0.29, 0.717) is 88.9 Å². The van der Waals surface area contributed by atoms with Crippen LogP contribution in [-0.2, 0) is 26.2 Å². The molecular formula is C73H68F2N6O7Si. The first kappa shape index (κ1) is 59.6. The number of amides is 3. The summed E-state index contributed by atoms with van der Waals surface area (Å²) in [6.07, 6.45) is 1.89. The van der Waals surface area contributed by atoms with E-state index >= 15 is 0 Å². The fraction of sp³-hybridized carbons (Fsp3) is 0.219. The molecule has 0 bridgehead atoms. The number of pyridine rings is 2. The molecule has 3 aliphatic rings. The van der Waals surface area contributed by atoms with E-state index in [0.717, 1.165) is 63.5 Å². The van der Waals surface area contributed by atoms with Crippen LogP contribution in [0.2, 0.25) is 25.7 Å². The van der Waals surface area contributed by atoms with Gasteiger partial charge in [0.1, 0.15) is 46.4 Å². The molecule has 0 unspecified atom stereocenters. The fourth-order valence-corrected chi connectivity index (χ4v) is 12.3. The van der Waals surface area contributed by atoms with Gasteiger partial charge in [-0.3, -0.25) is 19.6 Å². The van der Waals surface area contributed by atoms with Crippen molar-refractivity contribution >= 4 is 47.8 Å². The van der Waals surface area contributed by atoms with Crippen molar-refractivity contribution in [2.75, 3.05) is 39.8 Å². The van der Waals surface area contributed by atoms with Crippen LogP contribution >= 0.6 is 0 Å². The Hall–Kier alpha value is -9.77. The second kappa shape index (κ2) is 26.3. The lowest BCUT2D eigenvalue weighted by atomic mass is 9.99. The summed E-state index contributed by atoms with van der Waals surface area (Å²) in [6.45, 7) is 11.2. The van der Waals surface area contributed by atoms with Gasteiger partial charge in [0.25, 0.3) is 11.8 Å². The minimum atomic E-state index is -1.37. The van der Waals surface area contributed by atoms with Crippen molar-refractivity contribution < 1.29 is 42.1 Å². The average molecular weight is 1210 g/mol. The summed E-state index contributed by atoms with van der Waals surface area (Å²) >= 11 is 0. The molecule has 3 aliphatic heterocycles. The number of aromatic nitrogens is 2. The summed E-state index contributed by atoms with van der Waals surface area (Å²) in [7, 11) is 0.653. The number of ether oxygens (including phenoxy) is 4. The zero-order valence-corrected chi connectivity index (χ0v) is 51.2. The van der Waals surface area contributed by atoms with Gasteiger partial charge in [-0.1, -0.05) is 165 Å². The lowest BCUT2D eigenvalue weighted by Gasteiger charge is -2.31. The van der Waals surface area contributed by atoms with Crippen molar-refractivity contribution in [1.29, 1.82) is 0 Å². The van der Waals surface area contributed by atoms with E-state index in [9.17, 15) is 23.2 Å². The molecule has 0 N–H and O–H groups in total. The molecule has 0 spiro atoms. The minimum Gasteiger partial charge on any atom is -0.493 e. The lowest BCUT2D eigenvalue weighted by molar-refractivity contribution is 0.0754. The van der Waals surface area contributed by atoms with E-state index in [4.69, 9.17) is 28.9 Å². The first-order valence-corrected chi connectivity index (χ1v) is 33.7. The van der Waals surface area contributed by atoms with Gasteiger partial charge in [0.05, 0.1) is 30.8 Å². The van der Waals surface area contributed by atoms with Gasteiger partial charge in [0.2, 0.25) is 0 Å². The van der Waals surface area contributed by atoms with Crippen LogP contribution in [-0.4, -0.2) is 95.4 Å². The van der Waals surface area contributed by atoms with Gasteiger partial charge in [0.15, 0.2) is 11.5 Å². The van der Waals surface area contributed by atoms with Gasteiger partial charge in [-0.25, -0.2) is 13.6 Å². The number of carbonyl (C=O) groups is 3. The van der Waals surface area contributed by atoms with E-state index in [2.05, 4.69) is 24.5 Å². The molecule has 5 heterocycles. The summed E-state index contributed by atoms with van der Waals surface area (Å²) in [5.74, 6) is 0.685. The first-order chi connectivity index (χ1) is 43.2. The average Bonchev–Trinajstić information content (AvgIpc) is 1.74. The number of hydrogen-bond donors (Lipinski definition) is 0. The Morgan fingerprint density at radius 1 is 0.506 bits per heavy atom. The molecule has 0 saturated carbocycles. The molecule has 450 valence electrons. The Bertz CT molecular complexity index is 4080. The maximum absolute atomic E-state index is 14.4. The predicted molar refractivity (Wildman–Crippen MR) is 343 cm³/mol. The molecular weight excluding hydrogens is 1140 g/mol. The molecule has 0 atom stereocenters. The smallest absolute Gasteiger partial charge is 0.415 e. The van der Waals surface area contributed by atoms with E-state index in [1.165, 1.54) is 24.3 Å². The van der Waals surface area contributed by atoms with Gasteiger partial charge in [-0.2, -0.15) is 0 Å². The normalized spacial score (nSPS) is 14.0. The number of piperazine rings is 1. The van der Waals surface area contributed by atoms with Crippen molar-refractivity contribution in [1.82, 2.24) is 29.6 Å². The number of nitrogens with zero attached hydrogens (tertiary/aromatic N) is 6. The summed E-state index contributed by atoms with van der Waals surface area (Å²) < 4.78 is 53.9. The van der Waals surface area contributed by atoms with Crippen molar-refractivity contribution in [3.63, 3.8) is 0 Å². The number of benzene rings is 8. The van der Waals surface area contributed by atoms with Gasteiger partial charge < -0.3 is 38.5 Å². The first-order valence-electron chi connectivity index (χ1n) is 30.0. The largest absolute Gasteiger partial charge is 0.493 e. The van der Waals surface area contributed by atoms with E-state index in [1.807, 2.05) is 147 Å². The number of hydrogen-bond acceptors (Lipinski definition) is 10. The molecule has 1 fully saturated rings. The second-order valence-corrected chi connectivity index (χ2v) is 29.5. The third-order valence-electron chi connectivity index (χ3n) is 16.3. The molecule has 8 aromatic carbocycles. The molecule has 1 saturated heterocycles. The van der Waals surface area contributed by atoms with E-state index in [1.54, 1.807) is 57.4 Å². The lowest BCUT2D eigenvalue weighted by Crippen LogP contribution is -2.48. The summed E-state index contributed by atoms with van der Waals surface area (Å²) in [5.41, 5.74) is 8.55. The zero-order valence-electron chi connectivity index (χ0n) is 50.2. The van der Waals surface area contributed by atoms with Crippen molar-refractivity contribution in [3.8, 4) is 23.0 Å². The Morgan fingerprint density at radius 3 is 1.30 bits per heavy atom. The van der Waals surface area contributed by atoms with Crippen LogP contribution in [0.15, 0.2) is 207 Å². The van der Waals surface area contributed by atoms with Crippen molar-refractivity contribution in [2.45, 2.75) is 64.1 Å². The topological polar surface area (TPSA) is 127 Å². The Balaban J connectivity index is 0.000000173. The highest BCUT2D eigenvalue weighted by Crippen LogP contribution is 2.49. The molecule has 13 nitrogen and oxygen atoms in total.